The third-order valence-electron chi connectivity index (χ3n) is 4.91. The van der Waals surface area contributed by atoms with Crippen molar-refractivity contribution in [3.8, 4) is 0 Å². The second kappa shape index (κ2) is 6.04. The number of hydrogen-bond acceptors (Lipinski definition) is 2. The van der Waals surface area contributed by atoms with Gasteiger partial charge < -0.3 is 0 Å². The molecule has 0 bridgehead atoms. The van der Waals surface area contributed by atoms with Crippen LogP contribution < -0.4 is 0 Å². The van der Waals surface area contributed by atoms with Crippen LogP contribution in [0.15, 0.2) is 24.3 Å². The molecule has 1 aromatic carbocycles. The number of hydrogen-bond donors (Lipinski definition) is 0. The van der Waals surface area contributed by atoms with Crippen LogP contribution in [0.1, 0.15) is 42.5 Å². The molecule has 2 atom stereocenters. The lowest BCUT2D eigenvalue weighted by molar-refractivity contribution is 0.0713. The predicted octanol–water partition coefficient (Wildman–Crippen LogP) is 3.52. The van der Waals surface area contributed by atoms with Gasteiger partial charge in [-0.25, -0.2) is 4.39 Å². The van der Waals surface area contributed by atoms with Gasteiger partial charge in [0.25, 0.3) is 0 Å². The number of fused-ring (bicyclic) bond motifs is 1. The second-order valence-electron chi connectivity index (χ2n) is 6.26. The number of rotatable bonds is 3. The minimum absolute atomic E-state index is 0.110. The zero-order valence-corrected chi connectivity index (χ0v) is 11.9. The Balaban J connectivity index is 1.58. The first-order chi connectivity index (χ1) is 9.72. The Morgan fingerprint density at radius 3 is 2.55 bits per heavy atom. The van der Waals surface area contributed by atoms with Crippen molar-refractivity contribution >= 4 is 5.78 Å². The molecule has 1 saturated carbocycles. The Kier molecular flexibility index (Phi) is 4.16. The van der Waals surface area contributed by atoms with Crippen LogP contribution in [0.3, 0.4) is 0 Å². The summed E-state index contributed by atoms with van der Waals surface area (Å²) in [5.41, 5.74) is 0.622. The van der Waals surface area contributed by atoms with Gasteiger partial charge in [-0.3, -0.25) is 9.69 Å². The van der Waals surface area contributed by atoms with Crippen molar-refractivity contribution in [3.05, 3.63) is 35.6 Å². The fourth-order valence-electron chi connectivity index (χ4n) is 3.75. The van der Waals surface area contributed by atoms with E-state index < -0.39 is 0 Å². The van der Waals surface area contributed by atoms with Gasteiger partial charge >= 0.3 is 0 Å². The molecule has 0 spiro atoms. The van der Waals surface area contributed by atoms with E-state index in [1.807, 2.05) is 0 Å². The second-order valence-corrected chi connectivity index (χ2v) is 6.26. The van der Waals surface area contributed by atoms with Gasteiger partial charge in [0.05, 0.1) is 6.54 Å². The van der Waals surface area contributed by atoms with E-state index in [1.54, 1.807) is 12.1 Å². The van der Waals surface area contributed by atoms with E-state index in [1.165, 1.54) is 44.2 Å². The molecule has 1 aromatic rings. The Morgan fingerprint density at radius 2 is 1.80 bits per heavy atom. The van der Waals surface area contributed by atoms with E-state index in [4.69, 9.17) is 0 Å². The van der Waals surface area contributed by atoms with Gasteiger partial charge in [0, 0.05) is 12.1 Å². The smallest absolute Gasteiger partial charge is 0.176 e. The molecule has 3 rings (SSSR count). The van der Waals surface area contributed by atoms with Crippen LogP contribution >= 0.6 is 0 Å². The largest absolute Gasteiger partial charge is 0.296 e. The van der Waals surface area contributed by atoms with Crippen molar-refractivity contribution in [2.24, 2.45) is 11.8 Å². The number of piperidine rings is 1. The number of carbonyl (C=O) groups is 1. The molecule has 3 heteroatoms. The van der Waals surface area contributed by atoms with E-state index >= 15 is 0 Å². The maximum Gasteiger partial charge on any atom is 0.176 e. The SMILES string of the molecule is O=C(CN1CCC2CCCCC2C1)c1ccc(F)cc1. The molecule has 0 radical (unpaired) electrons. The average Bonchev–Trinajstić information content (AvgIpc) is 2.48. The fraction of sp³-hybridized carbons (Fsp3) is 0.588. The fourth-order valence-corrected chi connectivity index (χ4v) is 3.75. The lowest BCUT2D eigenvalue weighted by Crippen LogP contribution is -2.43. The third-order valence-corrected chi connectivity index (χ3v) is 4.91. The van der Waals surface area contributed by atoms with Gasteiger partial charge in [-0.15, -0.1) is 0 Å². The highest BCUT2D eigenvalue weighted by atomic mass is 19.1. The van der Waals surface area contributed by atoms with Crippen molar-refractivity contribution < 1.29 is 9.18 Å². The minimum atomic E-state index is -0.287. The van der Waals surface area contributed by atoms with Gasteiger partial charge in [0.2, 0.25) is 0 Å². The van der Waals surface area contributed by atoms with Crippen molar-refractivity contribution in [3.63, 3.8) is 0 Å². The number of carbonyl (C=O) groups excluding carboxylic acids is 1. The topological polar surface area (TPSA) is 20.3 Å². The standard InChI is InChI=1S/C17H22FNO/c18-16-7-5-14(6-8-16)17(20)12-19-10-9-13-3-1-2-4-15(13)11-19/h5-8,13,15H,1-4,9-12H2. The van der Waals surface area contributed by atoms with Crippen molar-refractivity contribution in [1.29, 1.82) is 0 Å². The predicted molar refractivity (Wildman–Crippen MR) is 77.2 cm³/mol. The Hall–Kier alpha value is -1.22. The lowest BCUT2D eigenvalue weighted by Gasteiger charge is -2.41. The van der Waals surface area contributed by atoms with Crippen LogP contribution in [-0.2, 0) is 0 Å². The van der Waals surface area contributed by atoms with Gasteiger partial charge in [0.15, 0.2) is 5.78 Å². The lowest BCUT2D eigenvalue weighted by atomic mass is 9.75. The monoisotopic (exact) mass is 275 g/mol. The van der Waals surface area contributed by atoms with Gasteiger partial charge in [-0.05, 0) is 55.5 Å². The molecule has 1 aliphatic carbocycles. The van der Waals surface area contributed by atoms with E-state index in [0.29, 0.717) is 12.1 Å². The molecule has 0 N–H and O–H groups in total. The summed E-state index contributed by atoms with van der Waals surface area (Å²) in [6.07, 6.45) is 6.67. The molecule has 20 heavy (non-hydrogen) atoms. The van der Waals surface area contributed by atoms with Crippen LogP contribution in [0.25, 0.3) is 0 Å². The summed E-state index contributed by atoms with van der Waals surface area (Å²) in [4.78, 5) is 14.5. The van der Waals surface area contributed by atoms with Gasteiger partial charge in [-0.1, -0.05) is 19.3 Å². The highest BCUT2D eigenvalue weighted by Crippen LogP contribution is 2.35. The summed E-state index contributed by atoms with van der Waals surface area (Å²) in [5.74, 6) is 1.50. The van der Waals surface area contributed by atoms with Crippen LogP contribution in [0.5, 0.6) is 0 Å². The molecule has 1 saturated heterocycles. The van der Waals surface area contributed by atoms with Crippen LogP contribution in [0.2, 0.25) is 0 Å². The Morgan fingerprint density at radius 1 is 1.10 bits per heavy atom. The molecule has 0 aromatic heterocycles. The van der Waals surface area contributed by atoms with E-state index in [2.05, 4.69) is 4.90 Å². The molecule has 1 aliphatic heterocycles. The van der Waals surface area contributed by atoms with Gasteiger partial charge in [-0.2, -0.15) is 0 Å². The molecular weight excluding hydrogens is 253 g/mol. The normalized spacial score (nSPS) is 27.1. The van der Waals surface area contributed by atoms with E-state index in [9.17, 15) is 9.18 Å². The number of nitrogens with zero attached hydrogens (tertiary/aromatic N) is 1. The molecule has 0 amide bonds. The van der Waals surface area contributed by atoms with Gasteiger partial charge in [0.1, 0.15) is 5.82 Å². The maximum atomic E-state index is 12.9. The zero-order chi connectivity index (χ0) is 13.9. The maximum absolute atomic E-state index is 12.9. The number of halogens is 1. The first kappa shape index (κ1) is 13.7. The quantitative estimate of drug-likeness (QED) is 0.787. The van der Waals surface area contributed by atoms with E-state index in [-0.39, 0.29) is 11.6 Å². The molecule has 2 unspecified atom stereocenters. The number of benzene rings is 1. The highest BCUT2D eigenvalue weighted by molar-refractivity contribution is 5.97. The summed E-state index contributed by atoms with van der Waals surface area (Å²) >= 11 is 0. The first-order valence-electron chi connectivity index (χ1n) is 7.73. The zero-order valence-electron chi connectivity index (χ0n) is 11.9. The van der Waals surface area contributed by atoms with Crippen molar-refractivity contribution in [2.45, 2.75) is 32.1 Å². The molecule has 2 fully saturated rings. The summed E-state index contributed by atoms with van der Waals surface area (Å²) in [6.45, 7) is 2.58. The molecule has 2 aliphatic rings. The summed E-state index contributed by atoms with van der Waals surface area (Å²) in [5, 5.41) is 0. The summed E-state index contributed by atoms with van der Waals surface area (Å²) in [7, 11) is 0. The van der Waals surface area contributed by atoms with Crippen LogP contribution in [-0.4, -0.2) is 30.3 Å². The third kappa shape index (κ3) is 3.09. The van der Waals surface area contributed by atoms with Crippen molar-refractivity contribution in [1.82, 2.24) is 4.90 Å². The molecule has 2 nitrogen and oxygen atoms in total. The summed E-state index contributed by atoms with van der Waals surface area (Å²) < 4.78 is 12.9. The summed E-state index contributed by atoms with van der Waals surface area (Å²) in [6, 6.07) is 5.90. The molecule has 108 valence electrons. The van der Waals surface area contributed by atoms with E-state index in [0.717, 1.165) is 24.9 Å². The van der Waals surface area contributed by atoms with Crippen molar-refractivity contribution in [2.75, 3.05) is 19.6 Å². The molecule has 1 heterocycles. The number of likely N-dealkylation sites (tertiary alicyclic amines) is 1. The van der Waals surface area contributed by atoms with Crippen LogP contribution in [0.4, 0.5) is 4.39 Å². The van der Waals surface area contributed by atoms with Crippen LogP contribution in [0, 0.1) is 17.7 Å². The minimum Gasteiger partial charge on any atom is -0.296 e. The first-order valence-corrected chi connectivity index (χ1v) is 7.73. The number of ketones is 1. The molecular formula is C17H22FNO. The Labute approximate surface area is 120 Å². The number of Topliss-reactive ketones (excluding diaryl/α,β-unsaturated/α-hetero) is 1. The highest BCUT2D eigenvalue weighted by Gasteiger charge is 2.31. The average molecular weight is 275 g/mol. The Bertz CT molecular complexity index is 470.